The van der Waals surface area contributed by atoms with Crippen LogP contribution in [0, 0.1) is 0 Å². The number of methoxy groups -OCH3 is 2. The average Bonchev–Trinajstić information content (AvgIpc) is 2.76. The zero-order valence-electron chi connectivity index (χ0n) is 18.5. The molecule has 0 radical (unpaired) electrons. The fourth-order valence-electron chi connectivity index (χ4n) is 3.14. The van der Waals surface area contributed by atoms with Gasteiger partial charge in [0.2, 0.25) is 0 Å². The lowest BCUT2D eigenvalue weighted by molar-refractivity contribution is -0.0505. The molecule has 7 nitrogen and oxygen atoms in total. The molecule has 0 aromatic heterocycles. The van der Waals surface area contributed by atoms with Gasteiger partial charge in [-0.2, -0.15) is 8.78 Å². The van der Waals surface area contributed by atoms with E-state index in [0.717, 1.165) is 11.3 Å². The third-order valence-corrected chi connectivity index (χ3v) is 4.74. The molecule has 1 unspecified atom stereocenters. The molecule has 2 N–H and O–H groups in total. The highest BCUT2D eigenvalue weighted by Gasteiger charge is 2.19. The molecular weight excluding hydrogens is 406 g/mol. The fourth-order valence-corrected chi connectivity index (χ4v) is 3.14. The molecule has 0 fully saturated rings. The fraction of sp³-hybridized carbons (Fsp3) is 0.409. The summed E-state index contributed by atoms with van der Waals surface area (Å²) in [5.41, 5.74) is 1.56. The van der Waals surface area contributed by atoms with Crippen molar-refractivity contribution in [2.75, 3.05) is 41.9 Å². The van der Waals surface area contributed by atoms with Crippen molar-refractivity contribution in [3.8, 4) is 17.2 Å². The van der Waals surface area contributed by atoms with Gasteiger partial charge in [0.25, 0.3) is 0 Å². The average molecular weight is 437 g/mol. The molecule has 0 aliphatic carbocycles. The Labute approximate surface area is 182 Å². The quantitative estimate of drug-likeness (QED) is 0.440. The molecule has 0 saturated carbocycles. The van der Waals surface area contributed by atoms with Crippen LogP contribution in [0.3, 0.4) is 0 Å². The van der Waals surface area contributed by atoms with Gasteiger partial charge in [0.1, 0.15) is 17.2 Å². The number of para-hydroxylation sites is 1. The van der Waals surface area contributed by atoms with Crippen molar-refractivity contribution in [3.05, 3.63) is 53.6 Å². The normalized spacial score (nSPS) is 12.6. The summed E-state index contributed by atoms with van der Waals surface area (Å²) in [5, 5.41) is 6.41. The van der Waals surface area contributed by atoms with E-state index in [1.54, 1.807) is 26.3 Å². The Morgan fingerprint density at radius 3 is 2.39 bits per heavy atom. The molecule has 0 aliphatic heterocycles. The maximum atomic E-state index is 12.7. The number of hydrogen-bond acceptors (Lipinski definition) is 5. The molecule has 0 saturated heterocycles. The van der Waals surface area contributed by atoms with Gasteiger partial charge in [-0.3, -0.25) is 4.99 Å². The first kappa shape index (κ1) is 24.2. The van der Waals surface area contributed by atoms with E-state index in [1.165, 1.54) is 13.2 Å². The molecule has 2 rings (SSSR count). The predicted octanol–water partition coefficient (Wildman–Crippen LogP) is 3.27. The Bertz CT molecular complexity index is 862. The van der Waals surface area contributed by atoms with E-state index in [9.17, 15) is 8.78 Å². The van der Waals surface area contributed by atoms with Gasteiger partial charge in [0.15, 0.2) is 5.96 Å². The Hall–Kier alpha value is -3.07. The number of halogens is 2. The number of aliphatic imine (C=N–C) groups is 1. The third-order valence-electron chi connectivity index (χ3n) is 4.74. The Morgan fingerprint density at radius 1 is 1.03 bits per heavy atom. The SMILES string of the molecule is CN=C(NCc1cc(OC)ccc1OC(F)F)NCC(c1ccccc1OC)N(C)C. The summed E-state index contributed by atoms with van der Waals surface area (Å²) >= 11 is 0. The maximum Gasteiger partial charge on any atom is 0.387 e. The van der Waals surface area contributed by atoms with E-state index in [4.69, 9.17) is 9.47 Å². The summed E-state index contributed by atoms with van der Waals surface area (Å²) in [4.78, 5) is 6.31. The first-order valence-corrected chi connectivity index (χ1v) is 9.75. The van der Waals surface area contributed by atoms with E-state index in [1.807, 2.05) is 38.4 Å². The minimum Gasteiger partial charge on any atom is -0.497 e. The molecule has 0 aliphatic rings. The van der Waals surface area contributed by atoms with Crippen LogP contribution >= 0.6 is 0 Å². The van der Waals surface area contributed by atoms with Crippen molar-refractivity contribution < 1.29 is 23.0 Å². The molecule has 1 atom stereocenters. The van der Waals surface area contributed by atoms with Crippen molar-refractivity contribution in [1.82, 2.24) is 15.5 Å². The van der Waals surface area contributed by atoms with Gasteiger partial charge in [-0.15, -0.1) is 0 Å². The van der Waals surface area contributed by atoms with Crippen molar-refractivity contribution in [1.29, 1.82) is 0 Å². The van der Waals surface area contributed by atoms with Crippen LogP contribution in [0.2, 0.25) is 0 Å². The summed E-state index contributed by atoms with van der Waals surface area (Å²) in [6.07, 6.45) is 0. The molecular formula is C22H30F2N4O3. The maximum absolute atomic E-state index is 12.7. The largest absolute Gasteiger partial charge is 0.497 e. The first-order chi connectivity index (χ1) is 14.9. The standard InChI is InChI=1S/C22H30F2N4O3/c1-25-22(26-13-15-12-16(29-4)10-11-19(15)31-21(23)24)27-14-18(28(2)3)17-8-6-7-9-20(17)30-5/h6-12,18,21H,13-14H2,1-5H3,(H2,25,26,27). The van der Waals surface area contributed by atoms with Crippen molar-refractivity contribution >= 4 is 5.96 Å². The molecule has 2 aromatic rings. The summed E-state index contributed by atoms with van der Waals surface area (Å²) in [7, 11) is 8.77. The Morgan fingerprint density at radius 2 is 1.77 bits per heavy atom. The summed E-state index contributed by atoms with van der Waals surface area (Å²) in [5.74, 6) is 1.95. The number of nitrogens with one attached hydrogen (secondary N) is 2. The number of hydrogen-bond donors (Lipinski definition) is 2. The zero-order valence-corrected chi connectivity index (χ0v) is 18.5. The first-order valence-electron chi connectivity index (χ1n) is 9.75. The van der Waals surface area contributed by atoms with Gasteiger partial charge >= 0.3 is 6.61 Å². The highest BCUT2D eigenvalue weighted by Crippen LogP contribution is 2.28. The smallest absolute Gasteiger partial charge is 0.387 e. The molecule has 9 heteroatoms. The van der Waals surface area contributed by atoms with Crippen molar-refractivity contribution in [2.45, 2.75) is 19.2 Å². The van der Waals surface area contributed by atoms with Gasteiger partial charge in [0, 0.05) is 31.3 Å². The number of guanidine groups is 1. The second-order valence-corrected chi connectivity index (χ2v) is 6.88. The zero-order chi connectivity index (χ0) is 22.8. The van der Waals surface area contributed by atoms with Gasteiger partial charge in [0.05, 0.1) is 20.3 Å². The number of benzene rings is 2. The predicted molar refractivity (Wildman–Crippen MR) is 117 cm³/mol. The van der Waals surface area contributed by atoms with Gasteiger partial charge in [-0.05, 0) is 38.4 Å². The summed E-state index contributed by atoms with van der Waals surface area (Å²) in [6, 6.07) is 12.5. The number of ether oxygens (including phenoxy) is 3. The topological polar surface area (TPSA) is 67.4 Å². The van der Waals surface area contributed by atoms with E-state index < -0.39 is 6.61 Å². The van der Waals surface area contributed by atoms with Crippen LogP contribution in [0.25, 0.3) is 0 Å². The Balaban J connectivity index is 2.09. The van der Waals surface area contributed by atoms with Crippen LogP contribution in [0.1, 0.15) is 17.2 Å². The second-order valence-electron chi connectivity index (χ2n) is 6.88. The lowest BCUT2D eigenvalue weighted by Crippen LogP contribution is -2.41. The third kappa shape index (κ3) is 6.99. The number of rotatable bonds is 10. The van der Waals surface area contributed by atoms with Crippen LogP contribution in [0.15, 0.2) is 47.5 Å². The monoisotopic (exact) mass is 436 g/mol. The van der Waals surface area contributed by atoms with Gasteiger partial charge in [-0.1, -0.05) is 18.2 Å². The van der Waals surface area contributed by atoms with Crippen LogP contribution in [-0.2, 0) is 6.54 Å². The lowest BCUT2D eigenvalue weighted by atomic mass is 10.0. The minimum absolute atomic E-state index is 0.0178. The molecule has 31 heavy (non-hydrogen) atoms. The van der Waals surface area contributed by atoms with E-state index in [2.05, 4.69) is 25.3 Å². The van der Waals surface area contributed by atoms with E-state index in [0.29, 0.717) is 23.8 Å². The molecule has 0 amide bonds. The number of nitrogens with zero attached hydrogens (tertiary/aromatic N) is 2. The number of likely N-dealkylation sites (N-methyl/N-ethyl adjacent to an activating group) is 1. The molecule has 0 spiro atoms. The Kier molecular flexibility index (Phi) is 9.33. The van der Waals surface area contributed by atoms with Crippen LogP contribution in [0.4, 0.5) is 8.78 Å². The van der Waals surface area contributed by atoms with Crippen LogP contribution in [-0.4, -0.2) is 59.4 Å². The lowest BCUT2D eigenvalue weighted by Gasteiger charge is -2.27. The number of alkyl halides is 2. The molecule has 170 valence electrons. The van der Waals surface area contributed by atoms with Crippen molar-refractivity contribution in [3.63, 3.8) is 0 Å². The van der Waals surface area contributed by atoms with Crippen molar-refractivity contribution in [2.24, 2.45) is 4.99 Å². The molecule has 0 heterocycles. The summed E-state index contributed by atoms with van der Waals surface area (Å²) in [6.45, 7) is -2.14. The van der Waals surface area contributed by atoms with Crippen LogP contribution in [0.5, 0.6) is 17.2 Å². The highest BCUT2D eigenvalue weighted by molar-refractivity contribution is 5.79. The van der Waals surface area contributed by atoms with Gasteiger partial charge in [-0.25, -0.2) is 0 Å². The van der Waals surface area contributed by atoms with E-state index >= 15 is 0 Å². The van der Waals surface area contributed by atoms with Gasteiger partial charge < -0.3 is 29.7 Å². The second kappa shape index (κ2) is 11.9. The van der Waals surface area contributed by atoms with Crippen LogP contribution < -0.4 is 24.8 Å². The highest BCUT2D eigenvalue weighted by atomic mass is 19.3. The summed E-state index contributed by atoms with van der Waals surface area (Å²) < 4.78 is 40.8. The molecule has 0 bridgehead atoms. The van der Waals surface area contributed by atoms with E-state index in [-0.39, 0.29) is 18.3 Å². The minimum atomic E-state index is -2.91. The molecule has 2 aromatic carbocycles.